The lowest BCUT2D eigenvalue weighted by Crippen LogP contribution is -2.58. The molecule has 1 saturated heterocycles. The third-order valence-corrected chi connectivity index (χ3v) is 4.68. The van der Waals surface area contributed by atoms with Crippen molar-refractivity contribution in [3.05, 3.63) is 0 Å². The number of hydrogen-bond acceptors (Lipinski definition) is 3. The van der Waals surface area contributed by atoms with Gasteiger partial charge in [-0.25, -0.2) is 4.79 Å². The highest BCUT2D eigenvalue weighted by Crippen LogP contribution is 2.35. The smallest absolute Gasteiger partial charge is 0.317 e. The molecule has 1 unspecified atom stereocenters. The van der Waals surface area contributed by atoms with Crippen LogP contribution in [-0.2, 0) is 4.79 Å². The standard InChI is InChI=1S/C14H25N3O3/c1-16-8-3-5-11(16)10-17(2)13(20)15-14(6-4-7-14)9-12(18)19/h11H,3-10H2,1-2H3,(H,15,20)(H,18,19). The number of amides is 2. The molecule has 1 atom stereocenters. The van der Waals surface area contributed by atoms with Gasteiger partial charge in [0.25, 0.3) is 0 Å². The predicted octanol–water partition coefficient (Wildman–Crippen LogP) is 1.12. The van der Waals surface area contributed by atoms with Gasteiger partial charge >= 0.3 is 12.0 Å². The number of likely N-dealkylation sites (N-methyl/N-ethyl adjacent to an activating group) is 2. The first-order valence-electron chi connectivity index (χ1n) is 7.37. The number of urea groups is 1. The molecule has 6 nitrogen and oxygen atoms in total. The molecule has 20 heavy (non-hydrogen) atoms. The second-order valence-corrected chi connectivity index (χ2v) is 6.29. The summed E-state index contributed by atoms with van der Waals surface area (Å²) in [4.78, 5) is 27.1. The molecule has 0 spiro atoms. The van der Waals surface area contributed by atoms with Crippen LogP contribution in [0, 0.1) is 0 Å². The summed E-state index contributed by atoms with van der Waals surface area (Å²) in [6.45, 7) is 1.79. The largest absolute Gasteiger partial charge is 0.481 e. The van der Waals surface area contributed by atoms with E-state index in [-0.39, 0.29) is 12.5 Å². The number of carboxylic acid groups (broad SMARTS) is 1. The first kappa shape index (κ1) is 15.1. The van der Waals surface area contributed by atoms with E-state index < -0.39 is 11.5 Å². The lowest BCUT2D eigenvalue weighted by molar-refractivity contribution is -0.139. The summed E-state index contributed by atoms with van der Waals surface area (Å²) in [5, 5.41) is 11.9. The van der Waals surface area contributed by atoms with Crippen LogP contribution in [0.4, 0.5) is 4.79 Å². The molecule has 1 heterocycles. The maximum atomic E-state index is 12.2. The Hall–Kier alpha value is -1.30. The van der Waals surface area contributed by atoms with E-state index in [9.17, 15) is 9.59 Å². The molecule has 2 rings (SSSR count). The number of nitrogens with one attached hydrogen (secondary N) is 1. The molecule has 1 aliphatic heterocycles. The predicted molar refractivity (Wildman–Crippen MR) is 75.6 cm³/mol. The Labute approximate surface area is 120 Å². The van der Waals surface area contributed by atoms with Gasteiger partial charge in [0.2, 0.25) is 0 Å². The van der Waals surface area contributed by atoms with Gasteiger partial charge in [-0.2, -0.15) is 0 Å². The normalized spacial score (nSPS) is 25.0. The molecule has 0 aromatic carbocycles. The zero-order valence-corrected chi connectivity index (χ0v) is 12.4. The van der Waals surface area contributed by atoms with Gasteiger partial charge in [0.1, 0.15) is 0 Å². The van der Waals surface area contributed by atoms with Crippen molar-refractivity contribution in [3.8, 4) is 0 Å². The summed E-state index contributed by atoms with van der Waals surface area (Å²) in [6, 6.07) is 0.272. The van der Waals surface area contributed by atoms with Crippen molar-refractivity contribution < 1.29 is 14.7 Å². The molecule has 6 heteroatoms. The molecule has 2 aliphatic rings. The molecule has 0 aromatic heterocycles. The maximum absolute atomic E-state index is 12.2. The number of hydrogen-bond donors (Lipinski definition) is 2. The molecule has 114 valence electrons. The fraction of sp³-hybridized carbons (Fsp3) is 0.857. The van der Waals surface area contributed by atoms with E-state index in [1.807, 2.05) is 0 Å². The molecule has 0 radical (unpaired) electrons. The lowest BCUT2D eigenvalue weighted by Gasteiger charge is -2.42. The minimum Gasteiger partial charge on any atom is -0.481 e. The third kappa shape index (κ3) is 3.42. The second-order valence-electron chi connectivity index (χ2n) is 6.29. The van der Waals surface area contributed by atoms with Crippen LogP contribution in [0.2, 0.25) is 0 Å². The van der Waals surface area contributed by atoms with Gasteiger partial charge in [-0.1, -0.05) is 0 Å². The molecule has 2 N–H and O–H groups in total. The van der Waals surface area contributed by atoms with E-state index in [0.717, 1.165) is 32.2 Å². The summed E-state index contributed by atoms with van der Waals surface area (Å²) in [6.07, 6.45) is 4.84. The first-order valence-corrected chi connectivity index (χ1v) is 7.37. The number of rotatable bonds is 5. The minimum atomic E-state index is -0.844. The average molecular weight is 283 g/mol. The number of carbonyl (C=O) groups excluding carboxylic acids is 1. The highest BCUT2D eigenvalue weighted by Gasteiger charge is 2.41. The van der Waals surface area contributed by atoms with E-state index >= 15 is 0 Å². The molecule has 2 amide bonds. The van der Waals surface area contributed by atoms with Crippen molar-refractivity contribution in [2.75, 3.05) is 27.2 Å². The van der Waals surface area contributed by atoms with Gasteiger partial charge in [0, 0.05) is 19.6 Å². The lowest BCUT2D eigenvalue weighted by atomic mass is 9.74. The third-order valence-electron chi connectivity index (χ3n) is 4.68. The van der Waals surface area contributed by atoms with Gasteiger partial charge < -0.3 is 20.2 Å². The fourth-order valence-electron chi connectivity index (χ4n) is 3.17. The fourth-order valence-corrected chi connectivity index (χ4v) is 3.17. The van der Waals surface area contributed by atoms with Crippen LogP contribution in [0.15, 0.2) is 0 Å². The van der Waals surface area contributed by atoms with Crippen LogP contribution in [0.5, 0.6) is 0 Å². The Morgan fingerprint density at radius 1 is 1.40 bits per heavy atom. The van der Waals surface area contributed by atoms with Gasteiger partial charge in [-0.3, -0.25) is 4.79 Å². The summed E-state index contributed by atoms with van der Waals surface area (Å²) < 4.78 is 0. The van der Waals surface area contributed by atoms with Crippen molar-refractivity contribution in [3.63, 3.8) is 0 Å². The Morgan fingerprint density at radius 3 is 2.55 bits per heavy atom. The van der Waals surface area contributed by atoms with Crippen LogP contribution in [-0.4, -0.2) is 65.7 Å². The van der Waals surface area contributed by atoms with E-state index in [4.69, 9.17) is 5.11 Å². The highest BCUT2D eigenvalue weighted by molar-refractivity contribution is 5.77. The SMILES string of the molecule is CN(CC1CCCN1C)C(=O)NC1(CC(=O)O)CCC1. The van der Waals surface area contributed by atoms with Crippen LogP contribution < -0.4 is 5.32 Å². The zero-order chi connectivity index (χ0) is 14.8. The molecular weight excluding hydrogens is 258 g/mol. The summed E-state index contributed by atoms with van der Waals surface area (Å²) >= 11 is 0. The van der Waals surface area contributed by atoms with Gasteiger partial charge in [0.05, 0.1) is 12.0 Å². The Bertz CT molecular complexity index is 382. The quantitative estimate of drug-likeness (QED) is 0.793. The average Bonchev–Trinajstić information content (AvgIpc) is 2.71. The van der Waals surface area contributed by atoms with Gasteiger partial charge in [-0.05, 0) is 45.7 Å². The summed E-state index contributed by atoms with van der Waals surface area (Å²) in [5.74, 6) is -0.844. The van der Waals surface area contributed by atoms with Crippen LogP contribution >= 0.6 is 0 Å². The second kappa shape index (κ2) is 5.99. The number of nitrogens with zero attached hydrogens (tertiary/aromatic N) is 2. The van der Waals surface area contributed by atoms with Gasteiger partial charge in [-0.15, -0.1) is 0 Å². The van der Waals surface area contributed by atoms with Crippen LogP contribution in [0.1, 0.15) is 38.5 Å². The topological polar surface area (TPSA) is 72.9 Å². The summed E-state index contributed by atoms with van der Waals surface area (Å²) in [5.41, 5.74) is -0.515. The number of carbonyl (C=O) groups is 2. The van der Waals surface area contributed by atoms with E-state index in [1.54, 1.807) is 11.9 Å². The van der Waals surface area contributed by atoms with E-state index in [1.165, 1.54) is 6.42 Å². The molecular formula is C14H25N3O3. The maximum Gasteiger partial charge on any atom is 0.317 e. The number of aliphatic carboxylic acids is 1. The molecule has 2 fully saturated rings. The van der Waals surface area contributed by atoms with Crippen molar-refractivity contribution in [2.45, 2.75) is 50.1 Å². The van der Waals surface area contributed by atoms with E-state index in [2.05, 4.69) is 17.3 Å². The van der Waals surface area contributed by atoms with Crippen LogP contribution in [0.25, 0.3) is 0 Å². The molecule has 1 aliphatic carbocycles. The van der Waals surface area contributed by atoms with Gasteiger partial charge in [0.15, 0.2) is 0 Å². The van der Waals surface area contributed by atoms with Crippen molar-refractivity contribution in [1.82, 2.24) is 15.1 Å². The molecule has 0 bridgehead atoms. The zero-order valence-electron chi connectivity index (χ0n) is 12.4. The monoisotopic (exact) mass is 283 g/mol. The van der Waals surface area contributed by atoms with Crippen molar-refractivity contribution in [2.24, 2.45) is 0 Å². The first-order chi connectivity index (χ1) is 9.42. The van der Waals surface area contributed by atoms with Crippen molar-refractivity contribution in [1.29, 1.82) is 0 Å². The Kier molecular flexibility index (Phi) is 4.52. The highest BCUT2D eigenvalue weighted by atomic mass is 16.4. The minimum absolute atomic E-state index is 0.0237. The Morgan fingerprint density at radius 2 is 2.10 bits per heavy atom. The molecule has 1 saturated carbocycles. The summed E-state index contributed by atoms with van der Waals surface area (Å²) in [7, 11) is 3.87. The number of likely N-dealkylation sites (tertiary alicyclic amines) is 1. The van der Waals surface area contributed by atoms with Crippen molar-refractivity contribution >= 4 is 12.0 Å². The Balaban J connectivity index is 1.85. The van der Waals surface area contributed by atoms with Crippen LogP contribution in [0.3, 0.4) is 0 Å². The number of carboxylic acids is 1. The van der Waals surface area contributed by atoms with E-state index in [0.29, 0.717) is 12.6 Å². The molecule has 0 aromatic rings.